The summed E-state index contributed by atoms with van der Waals surface area (Å²) in [7, 11) is 1.89. The van der Waals surface area contributed by atoms with E-state index in [0.717, 1.165) is 39.0 Å². The van der Waals surface area contributed by atoms with E-state index in [-0.39, 0.29) is 17.7 Å². The third-order valence-corrected chi connectivity index (χ3v) is 4.03. The molecule has 2 unspecified atom stereocenters. The lowest BCUT2D eigenvalue weighted by atomic mass is 10.1. The van der Waals surface area contributed by atoms with Crippen molar-refractivity contribution in [2.75, 3.05) is 33.2 Å². The third kappa shape index (κ3) is 14.1. The van der Waals surface area contributed by atoms with Gasteiger partial charge in [0.15, 0.2) is 0 Å². The molecule has 2 aliphatic heterocycles. The molecule has 0 aromatic carbocycles. The zero-order valence-electron chi connectivity index (χ0n) is 19.1. The van der Waals surface area contributed by atoms with E-state index in [1.54, 1.807) is 0 Å². The van der Waals surface area contributed by atoms with Crippen LogP contribution in [0.15, 0.2) is 0 Å². The van der Waals surface area contributed by atoms with Gasteiger partial charge in [-0.05, 0) is 19.3 Å². The molecule has 2 heterocycles. The molecule has 0 aromatic heterocycles. The molecule has 2 amide bonds. The van der Waals surface area contributed by atoms with Crippen molar-refractivity contribution in [2.45, 2.75) is 81.1 Å². The fraction of sp³-hybridized carbons (Fsp3) is 0.905. The van der Waals surface area contributed by atoms with Crippen molar-refractivity contribution in [3.63, 3.8) is 0 Å². The number of rotatable bonds is 1. The Morgan fingerprint density at radius 1 is 1.00 bits per heavy atom. The second-order valence-electron chi connectivity index (χ2n) is 5.76. The van der Waals surface area contributed by atoms with Crippen molar-refractivity contribution in [1.29, 1.82) is 0 Å². The molecule has 0 spiro atoms. The van der Waals surface area contributed by atoms with E-state index in [4.69, 9.17) is 0 Å². The van der Waals surface area contributed by atoms with Gasteiger partial charge in [0.05, 0.1) is 5.92 Å². The van der Waals surface area contributed by atoms with Gasteiger partial charge >= 0.3 is 0 Å². The molecule has 5 heteroatoms. The highest BCUT2D eigenvalue weighted by Gasteiger charge is 2.19. The second kappa shape index (κ2) is 21.9. The Balaban J connectivity index is -0.000000316. The average molecular weight is 374 g/mol. The molecule has 0 bridgehead atoms. The number of likely N-dealkylation sites (tertiary alicyclic amines) is 1. The van der Waals surface area contributed by atoms with E-state index < -0.39 is 0 Å². The van der Waals surface area contributed by atoms with Gasteiger partial charge in [-0.2, -0.15) is 0 Å². The van der Waals surface area contributed by atoms with Gasteiger partial charge in [0.2, 0.25) is 11.8 Å². The summed E-state index contributed by atoms with van der Waals surface area (Å²) in [6.07, 6.45) is 4.38. The molecule has 0 radical (unpaired) electrons. The van der Waals surface area contributed by atoms with E-state index in [1.165, 1.54) is 12.8 Å². The summed E-state index contributed by atoms with van der Waals surface area (Å²) in [4.78, 5) is 24.2. The van der Waals surface area contributed by atoms with Crippen LogP contribution in [0.4, 0.5) is 0 Å². The minimum Gasteiger partial charge on any atom is -0.355 e. The number of carbonyl (C=O) groups is 2. The summed E-state index contributed by atoms with van der Waals surface area (Å²) in [5.41, 5.74) is 0. The first-order chi connectivity index (χ1) is 12.6. The Bertz CT molecular complexity index is 308. The van der Waals surface area contributed by atoms with Crippen LogP contribution in [-0.2, 0) is 9.59 Å². The van der Waals surface area contributed by atoms with Gasteiger partial charge < -0.3 is 15.5 Å². The van der Waals surface area contributed by atoms with Crippen LogP contribution in [0, 0.1) is 11.8 Å². The summed E-state index contributed by atoms with van der Waals surface area (Å²) >= 11 is 0. The summed E-state index contributed by atoms with van der Waals surface area (Å²) in [6.45, 7) is 19.5. The Labute approximate surface area is 163 Å². The SMILES string of the molecule is CC.CC.CC.CC1CCCCN(C)C1=O.CCC1CNCCNC1=O. The highest BCUT2D eigenvalue weighted by Crippen LogP contribution is 2.15. The van der Waals surface area contributed by atoms with Gasteiger partial charge in [0.1, 0.15) is 0 Å². The van der Waals surface area contributed by atoms with E-state index in [1.807, 2.05) is 67.3 Å². The third-order valence-electron chi connectivity index (χ3n) is 4.03. The van der Waals surface area contributed by atoms with Gasteiger partial charge in [-0.1, -0.05) is 61.8 Å². The molecule has 2 rings (SSSR count). The number of amides is 2. The second-order valence-corrected chi connectivity index (χ2v) is 5.76. The van der Waals surface area contributed by atoms with Crippen LogP contribution in [0.2, 0.25) is 0 Å². The lowest BCUT2D eigenvalue weighted by Gasteiger charge is -2.16. The van der Waals surface area contributed by atoms with Crippen molar-refractivity contribution in [1.82, 2.24) is 15.5 Å². The predicted molar refractivity (Wildman–Crippen MR) is 114 cm³/mol. The van der Waals surface area contributed by atoms with E-state index in [9.17, 15) is 9.59 Å². The largest absolute Gasteiger partial charge is 0.355 e. The van der Waals surface area contributed by atoms with Gasteiger partial charge in [0.25, 0.3) is 0 Å². The highest BCUT2D eigenvalue weighted by molar-refractivity contribution is 5.79. The van der Waals surface area contributed by atoms with Crippen molar-refractivity contribution in [2.24, 2.45) is 11.8 Å². The van der Waals surface area contributed by atoms with Crippen molar-refractivity contribution in [3.05, 3.63) is 0 Å². The maximum Gasteiger partial charge on any atom is 0.225 e. The number of hydrogen-bond acceptors (Lipinski definition) is 3. The normalized spacial score (nSPS) is 22.1. The van der Waals surface area contributed by atoms with Gasteiger partial charge in [-0.3, -0.25) is 9.59 Å². The Morgan fingerprint density at radius 2 is 1.58 bits per heavy atom. The molecule has 26 heavy (non-hydrogen) atoms. The van der Waals surface area contributed by atoms with E-state index in [0.29, 0.717) is 5.91 Å². The van der Waals surface area contributed by atoms with Gasteiger partial charge in [-0.25, -0.2) is 0 Å². The van der Waals surface area contributed by atoms with Crippen LogP contribution in [-0.4, -0.2) is 49.9 Å². The lowest BCUT2D eigenvalue weighted by molar-refractivity contribution is -0.133. The quantitative estimate of drug-likeness (QED) is 0.728. The molecule has 0 aromatic rings. The smallest absolute Gasteiger partial charge is 0.225 e. The zero-order valence-corrected chi connectivity index (χ0v) is 19.1. The molecular formula is C21H47N3O2. The molecule has 2 aliphatic rings. The first-order valence-corrected chi connectivity index (χ1v) is 10.8. The monoisotopic (exact) mass is 373 g/mol. The average Bonchev–Trinajstić information content (AvgIpc) is 3.00. The van der Waals surface area contributed by atoms with Gasteiger partial charge in [0, 0.05) is 39.1 Å². The minimum atomic E-state index is 0.183. The first kappa shape index (κ1) is 29.7. The number of nitrogens with zero attached hydrogens (tertiary/aromatic N) is 1. The molecule has 2 N–H and O–H groups in total. The minimum absolute atomic E-state index is 0.183. The van der Waals surface area contributed by atoms with Crippen LogP contribution in [0.25, 0.3) is 0 Å². The van der Waals surface area contributed by atoms with Crippen LogP contribution < -0.4 is 10.6 Å². The Kier molecular flexibility index (Phi) is 25.0. The van der Waals surface area contributed by atoms with Crippen molar-refractivity contribution < 1.29 is 9.59 Å². The number of carbonyl (C=O) groups excluding carboxylic acids is 2. The van der Waals surface area contributed by atoms with Crippen LogP contribution in [0.3, 0.4) is 0 Å². The molecule has 2 atom stereocenters. The molecule has 0 saturated carbocycles. The Hall–Kier alpha value is -1.10. The van der Waals surface area contributed by atoms with E-state index in [2.05, 4.69) is 10.6 Å². The van der Waals surface area contributed by atoms with E-state index >= 15 is 0 Å². The lowest BCUT2D eigenvalue weighted by Crippen LogP contribution is -2.30. The summed E-state index contributed by atoms with van der Waals surface area (Å²) < 4.78 is 0. The first-order valence-electron chi connectivity index (χ1n) is 10.8. The fourth-order valence-corrected chi connectivity index (χ4v) is 2.53. The molecule has 5 nitrogen and oxygen atoms in total. The number of hydrogen-bond donors (Lipinski definition) is 2. The summed E-state index contributed by atoms with van der Waals surface area (Å²) in [6, 6.07) is 0. The molecule has 158 valence electrons. The topological polar surface area (TPSA) is 61.4 Å². The van der Waals surface area contributed by atoms with Gasteiger partial charge in [-0.15, -0.1) is 0 Å². The summed E-state index contributed by atoms with van der Waals surface area (Å²) in [5, 5.41) is 6.04. The molecular weight excluding hydrogens is 326 g/mol. The molecule has 0 aliphatic carbocycles. The zero-order chi connectivity index (χ0) is 21.0. The summed E-state index contributed by atoms with van der Waals surface area (Å²) in [5.74, 6) is 0.958. The fourth-order valence-electron chi connectivity index (χ4n) is 2.53. The molecule has 2 fully saturated rings. The predicted octanol–water partition coefficient (Wildman–Crippen LogP) is 4.08. The van der Waals surface area contributed by atoms with Crippen molar-refractivity contribution >= 4 is 11.8 Å². The van der Waals surface area contributed by atoms with Crippen molar-refractivity contribution in [3.8, 4) is 0 Å². The van der Waals surface area contributed by atoms with Crippen LogP contribution >= 0.6 is 0 Å². The Morgan fingerprint density at radius 3 is 2.12 bits per heavy atom. The van der Waals surface area contributed by atoms with Crippen LogP contribution in [0.5, 0.6) is 0 Å². The standard InChI is InChI=1S/C8H15NO.C7H14N2O.3C2H6/c1-7-5-3-4-6-9(2)8(7)10;1-2-6-5-8-3-4-9-7(6)10;3*1-2/h7H,3-6H2,1-2H3;6,8H,2-5H2,1H3,(H,9,10);3*1-2H3. The highest BCUT2D eigenvalue weighted by atomic mass is 16.2. The molecule has 2 saturated heterocycles. The maximum atomic E-state index is 11.3. The maximum absolute atomic E-state index is 11.3. The van der Waals surface area contributed by atoms with Crippen LogP contribution in [0.1, 0.15) is 81.1 Å². The number of nitrogens with one attached hydrogen (secondary N) is 2.